The SMILES string of the molecule is Cc1cccc(CS(=O)(=O)NCCn2ccc(=O)[nH]c2=O)c1. The minimum atomic E-state index is -3.48. The topological polar surface area (TPSA) is 101 Å². The summed E-state index contributed by atoms with van der Waals surface area (Å²) in [5, 5.41) is 0. The molecular formula is C14H17N3O4S. The number of aryl methyl sites for hydroxylation is 1. The third-order valence-electron chi connectivity index (χ3n) is 3.01. The number of nitrogens with zero attached hydrogens (tertiary/aromatic N) is 1. The molecule has 0 saturated heterocycles. The van der Waals surface area contributed by atoms with Crippen LogP contribution in [0.2, 0.25) is 0 Å². The molecule has 22 heavy (non-hydrogen) atoms. The minimum Gasteiger partial charge on any atom is -0.299 e. The molecule has 0 atom stereocenters. The van der Waals surface area contributed by atoms with Crippen LogP contribution in [0.25, 0.3) is 0 Å². The predicted molar refractivity (Wildman–Crippen MR) is 83.1 cm³/mol. The van der Waals surface area contributed by atoms with Gasteiger partial charge in [-0.05, 0) is 12.5 Å². The first-order valence-corrected chi connectivity index (χ1v) is 8.34. The zero-order valence-corrected chi connectivity index (χ0v) is 12.9. The monoisotopic (exact) mass is 323 g/mol. The highest BCUT2D eigenvalue weighted by Gasteiger charge is 2.11. The Morgan fingerprint density at radius 3 is 2.68 bits per heavy atom. The molecular weight excluding hydrogens is 306 g/mol. The third kappa shape index (κ3) is 4.68. The third-order valence-corrected chi connectivity index (χ3v) is 4.37. The molecule has 7 nitrogen and oxygen atoms in total. The van der Waals surface area contributed by atoms with Crippen LogP contribution >= 0.6 is 0 Å². The second-order valence-electron chi connectivity index (χ2n) is 4.95. The van der Waals surface area contributed by atoms with E-state index >= 15 is 0 Å². The van der Waals surface area contributed by atoms with Crippen molar-refractivity contribution >= 4 is 10.0 Å². The van der Waals surface area contributed by atoms with Crippen molar-refractivity contribution in [2.75, 3.05) is 6.54 Å². The highest BCUT2D eigenvalue weighted by atomic mass is 32.2. The molecule has 0 bridgehead atoms. The van der Waals surface area contributed by atoms with E-state index in [4.69, 9.17) is 0 Å². The maximum atomic E-state index is 12.0. The van der Waals surface area contributed by atoms with Gasteiger partial charge in [-0.25, -0.2) is 17.9 Å². The summed E-state index contributed by atoms with van der Waals surface area (Å²) < 4.78 is 27.6. The largest absolute Gasteiger partial charge is 0.328 e. The number of sulfonamides is 1. The van der Waals surface area contributed by atoms with E-state index < -0.39 is 21.3 Å². The predicted octanol–water partition coefficient (Wildman–Crippen LogP) is -0.0354. The van der Waals surface area contributed by atoms with Crippen LogP contribution in [-0.4, -0.2) is 24.5 Å². The molecule has 0 spiro atoms. The Morgan fingerprint density at radius 2 is 2.00 bits per heavy atom. The van der Waals surface area contributed by atoms with Crippen molar-refractivity contribution < 1.29 is 8.42 Å². The highest BCUT2D eigenvalue weighted by molar-refractivity contribution is 7.88. The molecule has 2 aromatic rings. The molecule has 2 rings (SSSR count). The molecule has 118 valence electrons. The smallest absolute Gasteiger partial charge is 0.299 e. The van der Waals surface area contributed by atoms with Crippen LogP contribution in [-0.2, 0) is 22.3 Å². The molecule has 0 unspecified atom stereocenters. The summed E-state index contributed by atoms with van der Waals surface area (Å²) in [5.41, 5.74) is 0.646. The summed E-state index contributed by atoms with van der Waals surface area (Å²) in [6.45, 7) is 2.11. The Balaban J connectivity index is 1.95. The zero-order chi connectivity index (χ0) is 16.2. The van der Waals surface area contributed by atoms with E-state index in [-0.39, 0.29) is 18.8 Å². The lowest BCUT2D eigenvalue weighted by molar-refractivity contribution is 0.567. The molecule has 0 fully saturated rings. The van der Waals surface area contributed by atoms with Gasteiger partial charge in [0.05, 0.1) is 5.75 Å². The number of rotatable bonds is 6. The average molecular weight is 323 g/mol. The molecule has 0 aliphatic carbocycles. The Bertz CT molecular complexity index is 868. The van der Waals surface area contributed by atoms with Crippen molar-refractivity contribution in [2.45, 2.75) is 19.2 Å². The fourth-order valence-corrected chi connectivity index (χ4v) is 3.14. The molecule has 0 amide bonds. The Kier molecular flexibility index (Phi) is 4.94. The fourth-order valence-electron chi connectivity index (χ4n) is 2.01. The average Bonchev–Trinajstić information content (AvgIpc) is 2.40. The van der Waals surface area contributed by atoms with Crippen LogP contribution in [0.4, 0.5) is 0 Å². The van der Waals surface area contributed by atoms with Crippen molar-refractivity contribution in [2.24, 2.45) is 0 Å². The van der Waals surface area contributed by atoms with Gasteiger partial charge in [0.25, 0.3) is 5.56 Å². The Labute approximate surface area is 127 Å². The second-order valence-corrected chi connectivity index (χ2v) is 6.75. The summed E-state index contributed by atoms with van der Waals surface area (Å²) >= 11 is 0. The summed E-state index contributed by atoms with van der Waals surface area (Å²) in [4.78, 5) is 24.5. The minimum absolute atomic E-state index is 0.0695. The van der Waals surface area contributed by atoms with Gasteiger partial charge < -0.3 is 0 Å². The number of hydrogen-bond acceptors (Lipinski definition) is 4. The molecule has 1 aromatic carbocycles. The number of hydrogen-bond donors (Lipinski definition) is 2. The summed E-state index contributed by atoms with van der Waals surface area (Å²) in [5.74, 6) is -0.116. The van der Waals surface area contributed by atoms with Crippen LogP contribution in [0.3, 0.4) is 0 Å². The lowest BCUT2D eigenvalue weighted by Gasteiger charge is -2.08. The summed E-state index contributed by atoms with van der Waals surface area (Å²) in [7, 11) is -3.48. The van der Waals surface area contributed by atoms with Gasteiger partial charge in [0.2, 0.25) is 10.0 Å². The zero-order valence-electron chi connectivity index (χ0n) is 12.1. The van der Waals surface area contributed by atoms with E-state index in [0.717, 1.165) is 5.56 Å². The number of H-pyrrole nitrogens is 1. The van der Waals surface area contributed by atoms with Crippen molar-refractivity contribution in [1.82, 2.24) is 14.3 Å². The van der Waals surface area contributed by atoms with E-state index in [9.17, 15) is 18.0 Å². The Hall–Kier alpha value is -2.19. The molecule has 2 N–H and O–H groups in total. The summed E-state index contributed by atoms with van der Waals surface area (Å²) in [6, 6.07) is 8.47. The molecule has 0 aliphatic rings. The fraction of sp³-hybridized carbons (Fsp3) is 0.286. The molecule has 0 aliphatic heterocycles. The maximum Gasteiger partial charge on any atom is 0.328 e. The first-order valence-electron chi connectivity index (χ1n) is 6.68. The van der Waals surface area contributed by atoms with Gasteiger partial charge in [0, 0.05) is 25.4 Å². The van der Waals surface area contributed by atoms with E-state index in [1.807, 2.05) is 19.1 Å². The maximum absolute atomic E-state index is 12.0. The van der Waals surface area contributed by atoms with E-state index in [2.05, 4.69) is 9.71 Å². The molecule has 1 aromatic heterocycles. The quantitative estimate of drug-likeness (QED) is 0.779. The van der Waals surface area contributed by atoms with Gasteiger partial charge in [-0.3, -0.25) is 14.3 Å². The van der Waals surface area contributed by atoms with Crippen LogP contribution < -0.4 is 16.0 Å². The van der Waals surface area contributed by atoms with Gasteiger partial charge in [-0.2, -0.15) is 0 Å². The number of aromatic amines is 1. The summed E-state index contributed by atoms with van der Waals surface area (Å²) in [6.07, 6.45) is 1.33. The van der Waals surface area contributed by atoms with Crippen LogP contribution in [0.15, 0.2) is 46.1 Å². The lowest BCUT2D eigenvalue weighted by Crippen LogP contribution is -2.34. The second kappa shape index (κ2) is 6.71. The van der Waals surface area contributed by atoms with Gasteiger partial charge in [0.1, 0.15) is 0 Å². The van der Waals surface area contributed by atoms with E-state index in [1.165, 1.54) is 16.8 Å². The Morgan fingerprint density at radius 1 is 1.23 bits per heavy atom. The highest BCUT2D eigenvalue weighted by Crippen LogP contribution is 2.07. The molecule has 8 heteroatoms. The van der Waals surface area contributed by atoms with Crippen molar-refractivity contribution in [3.63, 3.8) is 0 Å². The van der Waals surface area contributed by atoms with Gasteiger partial charge in [-0.15, -0.1) is 0 Å². The van der Waals surface area contributed by atoms with Crippen molar-refractivity contribution in [3.8, 4) is 0 Å². The molecule has 0 radical (unpaired) electrons. The number of benzene rings is 1. The number of nitrogens with one attached hydrogen (secondary N) is 2. The van der Waals surface area contributed by atoms with Crippen LogP contribution in [0, 0.1) is 6.92 Å². The van der Waals surface area contributed by atoms with Crippen molar-refractivity contribution in [1.29, 1.82) is 0 Å². The number of aromatic nitrogens is 2. The first-order chi connectivity index (χ1) is 10.4. The standard InChI is InChI=1S/C14H17N3O4S/c1-11-3-2-4-12(9-11)10-22(20,21)15-6-8-17-7-5-13(18)16-14(17)19/h2-5,7,9,15H,6,8,10H2,1H3,(H,16,18,19). The normalized spacial score (nSPS) is 11.5. The van der Waals surface area contributed by atoms with Gasteiger partial charge in [-0.1, -0.05) is 29.8 Å². The molecule has 1 heterocycles. The van der Waals surface area contributed by atoms with Crippen molar-refractivity contribution in [3.05, 3.63) is 68.5 Å². The molecule has 0 saturated carbocycles. The lowest BCUT2D eigenvalue weighted by atomic mass is 10.2. The van der Waals surface area contributed by atoms with Gasteiger partial charge >= 0.3 is 5.69 Å². The van der Waals surface area contributed by atoms with Crippen LogP contribution in [0.1, 0.15) is 11.1 Å². The first kappa shape index (κ1) is 16.2. The van der Waals surface area contributed by atoms with Crippen LogP contribution in [0.5, 0.6) is 0 Å². The van der Waals surface area contributed by atoms with E-state index in [0.29, 0.717) is 5.56 Å². The van der Waals surface area contributed by atoms with E-state index in [1.54, 1.807) is 12.1 Å². The van der Waals surface area contributed by atoms with Gasteiger partial charge in [0.15, 0.2) is 0 Å².